The summed E-state index contributed by atoms with van der Waals surface area (Å²) < 4.78 is 32.2. The van der Waals surface area contributed by atoms with E-state index < -0.39 is 23.2 Å². The van der Waals surface area contributed by atoms with Crippen molar-refractivity contribution in [3.8, 4) is 5.75 Å². The van der Waals surface area contributed by atoms with Crippen LogP contribution >= 0.6 is 0 Å². The molecule has 0 saturated carbocycles. The summed E-state index contributed by atoms with van der Waals surface area (Å²) >= 11 is 0. The molecule has 0 aliphatic heterocycles. The molecule has 2 rings (SSSR count). The van der Waals surface area contributed by atoms with Gasteiger partial charge in [0.2, 0.25) is 0 Å². The normalized spacial score (nSPS) is 10.3. The largest absolute Gasteiger partial charge is 0.483 e. The Labute approximate surface area is 121 Å². The van der Waals surface area contributed by atoms with Crippen LogP contribution in [-0.4, -0.2) is 12.5 Å². The average molecular weight is 291 g/mol. The molecule has 1 N–H and O–H groups in total. The van der Waals surface area contributed by atoms with Gasteiger partial charge in [-0.3, -0.25) is 4.79 Å². The van der Waals surface area contributed by atoms with Gasteiger partial charge >= 0.3 is 0 Å². The average Bonchev–Trinajstić information content (AvgIpc) is 2.44. The summed E-state index contributed by atoms with van der Waals surface area (Å²) in [6.07, 6.45) is 0. The van der Waals surface area contributed by atoms with Gasteiger partial charge < -0.3 is 10.1 Å². The van der Waals surface area contributed by atoms with E-state index in [1.54, 1.807) is 6.07 Å². The van der Waals surface area contributed by atoms with E-state index in [9.17, 15) is 13.6 Å². The van der Waals surface area contributed by atoms with Crippen LogP contribution in [0.2, 0.25) is 0 Å². The number of ether oxygens (including phenoxy) is 1. The first kappa shape index (κ1) is 15.0. The highest BCUT2D eigenvalue weighted by molar-refractivity contribution is 5.92. The molecule has 0 atom stereocenters. The third-order valence-electron chi connectivity index (χ3n) is 2.93. The molecule has 0 aliphatic carbocycles. The number of anilines is 1. The fourth-order valence-corrected chi connectivity index (χ4v) is 1.80. The van der Waals surface area contributed by atoms with Crippen molar-refractivity contribution in [2.45, 2.75) is 13.8 Å². The minimum absolute atomic E-state index is 0.321. The number of benzene rings is 2. The molecule has 3 nitrogen and oxygen atoms in total. The molecule has 2 aromatic carbocycles. The Morgan fingerprint density at radius 2 is 1.81 bits per heavy atom. The van der Waals surface area contributed by atoms with Gasteiger partial charge in [0.1, 0.15) is 23.1 Å². The Morgan fingerprint density at radius 3 is 2.48 bits per heavy atom. The first-order valence-corrected chi connectivity index (χ1v) is 6.41. The van der Waals surface area contributed by atoms with Gasteiger partial charge in [-0.2, -0.15) is 0 Å². The Kier molecular flexibility index (Phi) is 4.52. The number of carbonyl (C=O) groups excluding carboxylic acids is 1. The quantitative estimate of drug-likeness (QED) is 0.934. The minimum Gasteiger partial charge on any atom is -0.483 e. The molecule has 21 heavy (non-hydrogen) atoms. The molecule has 0 heterocycles. The molecule has 0 aliphatic rings. The smallest absolute Gasteiger partial charge is 0.262 e. The zero-order chi connectivity index (χ0) is 15.4. The summed E-state index contributed by atoms with van der Waals surface area (Å²) in [6.45, 7) is 3.43. The van der Waals surface area contributed by atoms with Crippen LogP contribution in [0.5, 0.6) is 5.75 Å². The summed E-state index contributed by atoms with van der Waals surface area (Å²) in [6, 6.07) is 8.98. The second-order valence-corrected chi connectivity index (χ2v) is 4.70. The van der Waals surface area contributed by atoms with Gasteiger partial charge in [0.15, 0.2) is 6.61 Å². The van der Waals surface area contributed by atoms with Crippen LogP contribution in [0.4, 0.5) is 14.5 Å². The van der Waals surface area contributed by atoms with Gasteiger partial charge in [0.05, 0.1) is 0 Å². The lowest BCUT2D eigenvalue weighted by molar-refractivity contribution is -0.118. The van der Waals surface area contributed by atoms with Gasteiger partial charge in [-0.25, -0.2) is 8.78 Å². The minimum atomic E-state index is -0.824. The number of carbonyl (C=O) groups is 1. The maximum Gasteiger partial charge on any atom is 0.262 e. The van der Waals surface area contributed by atoms with Crippen LogP contribution in [0, 0.1) is 25.5 Å². The van der Waals surface area contributed by atoms with Crippen LogP contribution in [0.3, 0.4) is 0 Å². The van der Waals surface area contributed by atoms with Gasteiger partial charge in [-0.05, 0) is 43.2 Å². The molecule has 110 valence electrons. The summed E-state index contributed by atoms with van der Waals surface area (Å²) in [7, 11) is 0. The van der Waals surface area contributed by atoms with Crippen molar-refractivity contribution in [2.24, 2.45) is 0 Å². The van der Waals surface area contributed by atoms with E-state index >= 15 is 0 Å². The van der Waals surface area contributed by atoms with E-state index in [-0.39, 0.29) is 6.61 Å². The van der Waals surface area contributed by atoms with Gasteiger partial charge in [-0.15, -0.1) is 0 Å². The molecule has 0 fully saturated rings. The Morgan fingerprint density at radius 1 is 1.14 bits per heavy atom. The van der Waals surface area contributed by atoms with Crippen molar-refractivity contribution in [1.29, 1.82) is 0 Å². The van der Waals surface area contributed by atoms with E-state index in [2.05, 4.69) is 5.32 Å². The summed E-state index contributed by atoms with van der Waals surface area (Å²) in [5.74, 6) is -1.70. The van der Waals surface area contributed by atoms with Crippen molar-refractivity contribution in [3.63, 3.8) is 0 Å². The summed E-state index contributed by atoms with van der Waals surface area (Å²) in [5.41, 5.74) is 1.41. The highest BCUT2D eigenvalue weighted by atomic mass is 19.1. The molecule has 0 unspecified atom stereocenters. The van der Waals surface area contributed by atoms with Crippen molar-refractivity contribution in [2.75, 3.05) is 11.9 Å². The van der Waals surface area contributed by atoms with E-state index in [0.29, 0.717) is 5.75 Å². The number of rotatable bonds is 4. The molecule has 5 heteroatoms. The summed E-state index contributed by atoms with van der Waals surface area (Å²) in [5, 5.41) is 2.17. The van der Waals surface area contributed by atoms with Gasteiger partial charge in [0, 0.05) is 0 Å². The zero-order valence-corrected chi connectivity index (χ0v) is 11.7. The fourth-order valence-electron chi connectivity index (χ4n) is 1.80. The lowest BCUT2D eigenvalue weighted by atomic mass is 10.1. The highest BCUT2D eigenvalue weighted by Crippen LogP contribution is 2.20. The second kappa shape index (κ2) is 6.35. The van der Waals surface area contributed by atoms with E-state index in [1.165, 1.54) is 6.07 Å². The van der Waals surface area contributed by atoms with Crippen molar-refractivity contribution < 1.29 is 18.3 Å². The topological polar surface area (TPSA) is 38.3 Å². The molecular formula is C16H15F2NO2. The molecule has 2 aromatic rings. The van der Waals surface area contributed by atoms with E-state index in [4.69, 9.17) is 4.74 Å². The monoisotopic (exact) mass is 291 g/mol. The van der Waals surface area contributed by atoms with Crippen LogP contribution in [0.25, 0.3) is 0 Å². The van der Waals surface area contributed by atoms with Crippen LogP contribution in [-0.2, 0) is 4.79 Å². The maximum atomic E-state index is 13.4. The SMILES string of the molecule is Cc1ccc(C)c(OCC(=O)Nc2c(F)cccc2F)c1. The second-order valence-electron chi connectivity index (χ2n) is 4.70. The Hall–Kier alpha value is -2.43. The molecule has 0 radical (unpaired) electrons. The Bertz CT molecular complexity index is 651. The molecule has 0 aromatic heterocycles. The van der Waals surface area contributed by atoms with Crippen molar-refractivity contribution in [1.82, 2.24) is 0 Å². The van der Waals surface area contributed by atoms with Crippen molar-refractivity contribution >= 4 is 11.6 Å². The number of hydrogen-bond acceptors (Lipinski definition) is 2. The van der Waals surface area contributed by atoms with Gasteiger partial charge in [-0.1, -0.05) is 18.2 Å². The number of amides is 1. The van der Waals surface area contributed by atoms with Crippen LogP contribution < -0.4 is 10.1 Å². The first-order valence-electron chi connectivity index (χ1n) is 6.41. The first-order chi connectivity index (χ1) is 9.97. The number of aryl methyl sites for hydroxylation is 2. The van der Waals surface area contributed by atoms with Crippen molar-refractivity contribution in [3.05, 3.63) is 59.2 Å². The standard InChI is InChI=1S/C16H15F2NO2/c1-10-6-7-11(2)14(8-10)21-9-15(20)19-16-12(17)4-3-5-13(16)18/h3-8H,9H2,1-2H3,(H,19,20). The van der Waals surface area contributed by atoms with E-state index in [1.807, 2.05) is 26.0 Å². The van der Waals surface area contributed by atoms with Crippen LogP contribution in [0.15, 0.2) is 36.4 Å². The lowest BCUT2D eigenvalue weighted by Crippen LogP contribution is -2.21. The number of para-hydroxylation sites is 1. The lowest BCUT2D eigenvalue weighted by Gasteiger charge is -2.11. The molecular weight excluding hydrogens is 276 g/mol. The molecule has 0 saturated heterocycles. The van der Waals surface area contributed by atoms with Crippen LogP contribution in [0.1, 0.15) is 11.1 Å². The third kappa shape index (κ3) is 3.78. The predicted octanol–water partition coefficient (Wildman–Crippen LogP) is 3.60. The zero-order valence-electron chi connectivity index (χ0n) is 11.7. The molecule has 0 spiro atoms. The predicted molar refractivity (Wildman–Crippen MR) is 76.4 cm³/mol. The molecule has 0 bridgehead atoms. The number of hydrogen-bond donors (Lipinski definition) is 1. The Balaban J connectivity index is 2.01. The summed E-state index contributed by atoms with van der Waals surface area (Å²) in [4.78, 5) is 11.7. The van der Waals surface area contributed by atoms with Gasteiger partial charge in [0.25, 0.3) is 5.91 Å². The fraction of sp³-hybridized carbons (Fsp3) is 0.188. The van der Waals surface area contributed by atoms with E-state index in [0.717, 1.165) is 23.3 Å². The third-order valence-corrected chi connectivity index (χ3v) is 2.93. The number of nitrogens with one attached hydrogen (secondary N) is 1. The molecule has 1 amide bonds. The highest BCUT2D eigenvalue weighted by Gasteiger charge is 2.12. The number of halogens is 2. The maximum absolute atomic E-state index is 13.4.